The zero-order valence-electron chi connectivity index (χ0n) is 9.10. The van der Waals surface area contributed by atoms with Gasteiger partial charge in [0.05, 0.1) is 19.8 Å². The van der Waals surface area contributed by atoms with E-state index in [1.165, 1.54) is 0 Å². The van der Waals surface area contributed by atoms with Gasteiger partial charge >= 0.3 is 0 Å². The van der Waals surface area contributed by atoms with Crippen molar-refractivity contribution >= 4 is 0 Å². The summed E-state index contributed by atoms with van der Waals surface area (Å²) in [5, 5.41) is 6.80. The van der Waals surface area contributed by atoms with Crippen molar-refractivity contribution in [3.63, 3.8) is 0 Å². The summed E-state index contributed by atoms with van der Waals surface area (Å²) in [5.74, 6) is 5.88. The highest BCUT2D eigenvalue weighted by molar-refractivity contribution is 4.97. The number of hydrogen-bond donors (Lipinski definition) is 2. The average Bonchev–Trinajstić information content (AvgIpc) is 2.20. The van der Waals surface area contributed by atoms with E-state index in [0.29, 0.717) is 12.1 Å². The van der Waals surface area contributed by atoms with Crippen molar-refractivity contribution in [2.75, 3.05) is 26.3 Å². The SMILES string of the molecule is CC#CCNC(C)CC1COCCN1. The molecule has 1 heterocycles. The maximum atomic E-state index is 5.39. The second-order valence-corrected chi connectivity index (χ2v) is 3.67. The molecule has 1 aliphatic rings. The standard InChI is InChI=1S/C11H20N2O/c1-3-4-5-12-10(2)8-11-9-14-7-6-13-11/h10-13H,5-9H2,1-2H3. The van der Waals surface area contributed by atoms with Gasteiger partial charge in [0, 0.05) is 18.6 Å². The Kier molecular flexibility index (Phi) is 5.62. The molecule has 0 bridgehead atoms. The van der Waals surface area contributed by atoms with Gasteiger partial charge in [-0.3, -0.25) is 0 Å². The number of morpholine rings is 1. The Balaban J connectivity index is 2.10. The summed E-state index contributed by atoms with van der Waals surface area (Å²) in [6.45, 7) is 7.50. The summed E-state index contributed by atoms with van der Waals surface area (Å²) in [5.41, 5.74) is 0. The van der Waals surface area contributed by atoms with E-state index in [1.54, 1.807) is 0 Å². The molecule has 2 atom stereocenters. The first-order valence-corrected chi connectivity index (χ1v) is 5.27. The van der Waals surface area contributed by atoms with Gasteiger partial charge in [-0.05, 0) is 20.3 Å². The smallest absolute Gasteiger partial charge is 0.0620 e. The van der Waals surface area contributed by atoms with Crippen molar-refractivity contribution in [1.29, 1.82) is 0 Å². The van der Waals surface area contributed by atoms with Crippen LogP contribution in [0.3, 0.4) is 0 Å². The molecule has 0 aromatic heterocycles. The van der Waals surface area contributed by atoms with Crippen molar-refractivity contribution < 1.29 is 4.74 Å². The lowest BCUT2D eigenvalue weighted by atomic mass is 10.1. The number of ether oxygens (including phenoxy) is 1. The Bertz CT molecular complexity index is 201. The maximum Gasteiger partial charge on any atom is 0.0620 e. The van der Waals surface area contributed by atoms with Crippen molar-refractivity contribution in [2.45, 2.75) is 32.4 Å². The van der Waals surface area contributed by atoms with Crippen molar-refractivity contribution in [2.24, 2.45) is 0 Å². The molecule has 2 unspecified atom stereocenters. The number of hydrogen-bond acceptors (Lipinski definition) is 3. The quantitative estimate of drug-likeness (QED) is 0.637. The van der Waals surface area contributed by atoms with E-state index < -0.39 is 0 Å². The van der Waals surface area contributed by atoms with Gasteiger partial charge in [0.25, 0.3) is 0 Å². The highest BCUT2D eigenvalue weighted by Crippen LogP contribution is 2.01. The molecule has 0 spiro atoms. The van der Waals surface area contributed by atoms with Gasteiger partial charge in [0.1, 0.15) is 0 Å². The highest BCUT2D eigenvalue weighted by atomic mass is 16.5. The molecule has 2 N–H and O–H groups in total. The van der Waals surface area contributed by atoms with Gasteiger partial charge in [-0.25, -0.2) is 0 Å². The van der Waals surface area contributed by atoms with Crippen LogP contribution in [0.4, 0.5) is 0 Å². The third-order valence-electron chi connectivity index (χ3n) is 2.35. The van der Waals surface area contributed by atoms with Crippen LogP contribution in [-0.4, -0.2) is 38.4 Å². The Hall–Kier alpha value is -0.560. The Labute approximate surface area is 86.6 Å². The largest absolute Gasteiger partial charge is 0.379 e. The van der Waals surface area contributed by atoms with Gasteiger partial charge in [0.15, 0.2) is 0 Å². The summed E-state index contributed by atoms with van der Waals surface area (Å²) >= 11 is 0. The van der Waals surface area contributed by atoms with Crippen LogP contribution in [0.25, 0.3) is 0 Å². The molecule has 1 fully saturated rings. The third-order valence-corrected chi connectivity index (χ3v) is 2.35. The van der Waals surface area contributed by atoms with E-state index in [2.05, 4.69) is 29.4 Å². The molecule has 14 heavy (non-hydrogen) atoms. The lowest BCUT2D eigenvalue weighted by Gasteiger charge is -2.26. The first-order chi connectivity index (χ1) is 6.83. The normalized spacial score (nSPS) is 23.7. The highest BCUT2D eigenvalue weighted by Gasteiger charge is 2.15. The van der Waals surface area contributed by atoms with E-state index in [4.69, 9.17) is 4.74 Å². The minimum atomic E-state index is 0.495. The van der Waals surface area contributed by atoms with Crippen LogP contribution in [0, 0.1) is 11.8 Å². The average molecular weight is 196 g/mol. The van der Waals surface area contributed by atoms with E-state index in [0.717, 1.165) is 32.7 Å². The predicted molar refractivity (Wildman–Crippen MR) is 58.1 cm³/mol. The zero-order valence-corrected chi connectivity index (χ0v) is 9.10. The summed E-state index contributed by atoms with van der Waals surface area (Å²) < 4.78 is 5.39. The van der Waals surface area contributed by atoms with E-state index in [-0.39, 0.29) is 0 Å². The maximum absolute atomic E-state index is 5.39. The van der Waals surface area contributed by atoms with Crippen LogP contribution >= 0.6 is 0 Å². The monoisotopic (exact) mass is 196 g/mol. The lowest BCUT2D eigenvalue weighted by molar-refractivity contribution is 0.0714. The predicted octanol–water partition coefficient (Wildman–Crippen LogP) is 0.366. The van der Waals surface area contributed by atoms with Gasteiger partial charge in [-0.15, -0.1) is 5.92 Å². The zero-order chi connectivity index (χ0) is 10.2. The van der Waals surface area contributed by atoms with Crippen molar-refractivity contribution in [1.82, 2.24) is 10.6 Å². The van der Waals surface area contributed by atoms with E-state index >= 15 is 0 Å². The molecular formula is C11H20N2O. The van der Waals surface area contributed by atoms with Crippen LogP contribution in [0.2, 0.25) is 0 Å². The van der Waals surface area contributed by atoms with Crippen molar-refractivity contribution in [3.8, 4) is 11.8 Å². The molecule has 1 aliphatic heterocycles. The van der Waals surface area contributed by atoms with Gasteiger partial charge in [-0.2, -0.15) is 0 Å². The second kappa shape index (κ2) is 6.83. The van der Waals surface area contributed by atoms with Crippen LogP contribution in [0.1, 0.15) is 20.3 Å². The van der Waals surface area contributed by atoms with Crippen molar-refractivity contribution in [3.05, 3.63) is 0 Å². The summed E-state index contributed by atoms with van der Waals surface area (Å²) in [6, 6.07) is 0.996. The Morgan fingerprint density at radius 3 is 3.14 bits per heavy atom. The first-order valence-electron chi connectivity index (χ1n) is 5.27. The molecule has 3 heteroatoms. The van der Waals surface area contributed by atoms with E-state index in [9.17, 15) is 0 Å². The minimum Gasteiger partial charge on any atom is -0.379 e. The number of rotatable bonds is 4. The molecule has 0 amide bonds. The van der Waals surface area contributed by atoms with E-state index in [1.807, 2.05) is 6.92 Å². The molecule has 0 aliphatic carbocycles. The minimum absolute atomic E-state index is 0.495. The van der Waals surface area contributed by atoms with Crippen LogP contribution in [0.5, 0.6) is 0 Å². The fourth-order valence-electron chi connectivity index (χ4n) is 1.59. The summed E-state index contributed by atoms with van der Waals surface area (Å²) in [7, 11) is 0. The van der Waals surface area contributed by atoms with Gasteiger partial charge < -0.3 is 15.4 Å². The van der Waals surface area contributed by atoms with Gasteiger partial charge in [-0.1, -0.05) is 5.92 Å². The van der Waals surface area contributed by atoms with Crippen LogP contribution in [0.15, 0.2) is 0 Å². The van der Waals surface area contributed by atoms with Crippen LogP contribution in [-0.2, 0) is 4.74 Å². The first kappa shape index (κ1) is 11.5. The summed E-state index contributed by atoms with van der Waals surface area (Å²) in [6.07, 6.45) is 1.10. The molecule has 1 rings (SSSR count). The molecule has 1 saturated heterocycles. The Morgan fingerprint density at radius 1 is 1.64 bits per heavy atom. The molecule has 0 saturated carbocycles. The molecule has 3 nitrogen and oxygen atoms in total. The Morgan fingerprint density at radius 2 is 2.50 bits per heavy atom. The molecule has 80 valence electrons. The summed E-state index contributed by atoms with van der Waals surface area (Å²) in [4.78, 5) is 0. The molecule has 0 radical (unpaired) electrons. The fraction of sp³-hybridized carbons (Fsp3) is 0.818. The lowest BCUT2D eigenvalue weighted by Crippen LogP contribution is -2.45. The third kappa shape index (κ3) is 4.61. The van der Waals surface area contributed by atoms with Gasteiger partial charge in [0.2, 0.25) is 0 Å². The fourth-order valence-corrected chi connectivity index (χ4v) is 1.59. The van der Waals surface area contributed by atoms with Crippen LogP contribution < -0.4 is 10.6 Å². The topological polar surface area (TPSA) is 33.3 Å². The number of nitrogens with one attached hydrogen (secondary N) is 2. The molecule has 0 aromatic carbocycles. The molecular weight excluding hydrogens is 176 g/mol. The second-order valence-electron chi connectivity index (χ2n) is 3.67. The molecule has 0 aromatic rings.